The van der Waals surface area contributed by atoms with Gasteiger partial charge in [0.1, 0.15) is 0 Å². The number of nitrogens with two attached hydrogens (primary N) is 1. The molecule has 0 radical (unpaired) electrons. The molecule has 6 saturated heterocycles. The zero-order chi connectivity index (χ0) is 37.1. The summed E-state index contributed by atoms with van der Waals surface area (Å²) in [5.41, 5.74) is 6.73. The van der Waals surface area contributed by atoms with Gasteiger partial charge in [0, 0.05) is 57.2 Å². The van der Waals surface area contributed by atoms with E-state index in [1.165, 1.54) is 73.6 Å². The number of benzene rings is 2. The van der Waals surface area contributed by atoms with Crippen molar-refractivity contribution in [2.24, 2.45) is 23.5 Å². The van der Waals surface area contributed by atoms with Crippen LogP contribution in [-0.4, -0.2) is 74.9 Å². The summed E-state index contributed by atoms with van der Waals surface area (Å²) >= 11 is 2.89. The molecule has 0 amide bonds. The Balaban J connectivity index is 0.000000161. The quantitative estimate of drug-likeness (QED) is 0.123. The summed E-state index contributed by atoms with van der Waals surface area (Å²) in [6.07, 6.45) is 5.86. The number of carbonyl (C=O) groups is 1. The molecule has 10 rings (SSSR count). The van der Waals surface area contributed by atoms with Crippen molar-refractivity contribution in [3.05, 3.63) is 79.0 Å². The number of Topliss-reactive ketones (excluding diaryl/α,β-unsaturated/α-hetero) is 1. The number of nitrogens with zero attached hydrogens (tertiary/aromatic N) is 4. The minimum Gasteiger partial charge on any atom is -0.326 e. The summed E-state index contributed by atoms with van der Waals surface area (Å²) < 4.78 is 1.77. The van der Waals surface area contributed by atoms with Crippen LogP contribution in [-0.2, 0) is 9.59 Å². The first kappa shape index (κ1) is 38.3. The molecule has 2 aromatic carbocycles. The summed E-state index contributed by atoms with van der Waals surface area (Å²) in [6.45, 7) is 13.9. The second kappa shape index (κ2) is 15.8. The first-order chi connectivity index (χ1) is 24.2. The number of rotatable bonds is 5. The van der Waals surface area contributed by atoms with Gasteiger partial charge in [-0.25, -0.2) is 0 Å². The number of piperidine rings is 6. The van der Waals surface area contributed by atoms with E-state index >= 15 is 0 Å². The van der Waals surface area contributed by atoms with Crippen LogP contribution in [0.25, 0.3) is 20.2 Å². The minimum atomic E-state index is -0.392. The lowest BCUT2D eigenvalue weighted by atomic mass is 9.65. The Hall–Kier alpha value is -3.91. The Bertz CT molecular complexity index is 1910. The van der Waals surface area contributed by atoms with Gasteiger partial charge in [0.15, 0.2) is 5.78 Å². The van der Waals surface area contributed by atoms with Gasteiger partial charge in [0.25, 0.3) is 11.4 Å². The first-order valence-corrected chi connectivity index (χ1v) is 18.9. The van der Waals surface area contributed by atoms with Crippen molar-refractivity contribution in [1.82, 2.24) is 9.80 Å². The Labute approximate surface area is 304 Å². The minimum absolute atomic E-state index is 0.0757. The zero-order valence-corrected chi connectivity index (χ0v) is 31.0. The van der Waals surface area contributed by atoms with Gasteiger partial charge in [-0.3, -0.25) is 34.8 Å². The molecule has 0 spiro atoms. The van der Waals surface area contributed by atoms with Crippen LogP contribution < -0.4 is 5.73 Å². The average Bonchev–Trinajstić information content (AvgIpc) is 3.77. The normalized spacial score (nSPS) is 26.4. The number of ketones is 1. The molecular formula is C37H45N5O7S2. The zero-order valence-electron chi connectivity index (χ0n) is 29.4. The molecule has 12 nitrogen and oxygen atoms in total. The summed E-state index contributed by atoms with van der Waals surface area (Å²) in [4.78, 5) is 55.5. The van der Waals surface area contributed by atoms with E-state index in [2.05, 4.69) is 37.5 Å². The smallest absolute Gasteiger partial charge is 0.326 e. The van der Waals surface area contributed by atoms with Crippen molar-refractivity contribution in [3.63, 3.8) is 0 Å². The standard InChI is InChI=1S/C19H22N2O3S.C9H18N2.C8H5NO2S.CO2/c1-19(2)15(12-5-7-20(19)8-6-12)11-16(22)18-9-13-3-4-14(21(23)24)10-17(13)25-18;1-9(2)8(10)7-3-5-11(9)6-4-7;10-9(11)7-2-1-6-3-4-12-8(6)5-7;2-1-3/h3-4,9-10,12,15H,5-8,11H2,1-2H3;7-8H,3-6,10H2,1-2H3;1-5H;/t15-;8-;;/m11../s1. The lowest BCUT2D eigenvalue weighted by molar-refractivity contribution is -0.384. The number of hydrogen-bond acceptors (Lipinski definition) is 12. The highest BCUT2D eigenvalue weighted by molar-refractivity contribution is 7.20. The third-order valence-electron chi connectivity index (χ3n) is 11.6. The summed E-state index contributed by atoms with van der Waals surface area (Å²) in [6, 6.07) is 13.9. The van der Waals surface area contributed by atoms with Crippen LogP contribution in [0.3, 0.4) is 0 Å². The van der Waals surface area contributed by atoms with Crippen molar-refractivity contribution in [1.29, 1.82) is 0 Å². The highest BCUT2D eigenvalue weighted by Gasteiger charge is 2.48. The molecule has 6 fully saturated rings. The van der Waals surface area contributed by atoms with Crippen molar-refractivity contribution in [2.45, 2.75) is 76.9 Å². The second-order valence-electron chi connectivity index (χ2n) is 14.8. The molecule has 6 aliphatic heterocycles. The fourth-order valence-electron chi connectivity index (χ4n) is 8.36. The van der Waals surface area contributed by atoms with Gasteiger partial charge in [0.05, 0.1) is 14.7 Å². The molecular weight excluding hydrogens is 691 g/mol. The van der Waals surface area contributed by atoms with Gasteiger partial charge >= 0.3 is 6.15 Å². The van der Waals surface area contributed by atoms with Crippen LogP contribution in [0.2, 0.25) is 0 Å². The van der Waals surface area contributed by atoms with Crippen molar-refractivity contribution < 1.29 is 24.2 Å². The van der Waals surface area contributed by atoms with E-state index in [-0.39, 0.29) is 39.3 Å². The lowest BCUT2D eigenvalue weighted by Gasteiger charge is -2.56. The van der Waals surface area contributed by atoms with Crippen molar-refractivity contribution in [3.8, 4) is 0 Å². The van der Waals surface area contributed by atoms with E-state index in [0.29, 0.717) is 24.3 Å². The van der Waals surface area contributed by atoms with Crippen LogP contribution >= 0.6 is 22.7 Å². The summed E-state index contributed by atoms with van der Waals surface area (Å²) in [5, 5.41) is 25.2. The maximum Gasteiger partial charge on any atom is 0.373 e. The fraction of sp³-hybridized carbons (Fsp3) is 0.514. The molecule has 272 valence electrons. The summed E-state index contributed by atoms with van der Waals surface area (Å²) in [5.74, 6) is 2.01. The van der Waals surface area contributed by atoms with Gasteiger partial charge in [-0.2, -0.15) is 9.59 Å². The van der Waals surface area contributed by atoms with Crippen LogP contribution in [0.4, 0.5) is 11.4 Å². The summed E-state index contributed by atoms with van der Waals surface area (Å²) in [7, 11) is 0. The van der Waals surface area contributed by atoms with E-state index in [9.17, 15) is 25.0 Å². The second-order valence-corrected chi connectivity index (χ2v) is 16.8. The van der Waals surface area contributed by atoms with E-state index in [0.717, 1.165) is 44.1 Å². The molecule has 8 heterocycles. The number of nitro groups is 2. The monoisotopic (exact) mass is 735 g/mol. The molecule has 2 aromatic heterocycles. The van der Waals surface area contributed by atoms with Gasteiger partial charge < -0.3 is 5.73 Å². The third kappa shape index (κ3) is 8.27. The molecule has 0 unspecified atom stereocenters. The topological polar surface area (TPSA) is 170 Å². The Morgan fingerprint density at radius 1 is 0.804 bits per heavy atom. The maximum atomic E-state index is 12.9. The van der Waals surface area contributed by atoms with Crippen LogP contribution in [0.1, 0.15) is 69.5 Å². The number of hydrogen-bond donors (Lipinski definition) is 1. The Morgan fingerprint density at radius 3 is 1.80 bits per heavy atom. The molecule has 2 atom stereocenters. The maximum absolute atomic E-state index is 12.9. The largest absolute Gasteiger partial charge is 0.373 e. The number of fused-ring (bicyclic) bond motifs is 8. The fourth-order valence-corrected chi connectivity index (χ4v) is 10.2. The van der Waals surface area contributed by atoms with Crippen molar-refractivity contribution in [2.75, 3.05) is 26.2 Å². The molecule has 2 N–H and O–H groups in total. The number of non-ortho nitro benzene ring substituents is 2. The van der Waals surface area contributed by atoms with E-state index in [1.807, 2.05) is 17.5 Å². The van der Waals surface area contributed by atoms with Crippen molar-refractivity contribution >= 4 is 66.2 Å². The van der Waals surface area contributed by atoms with Crippen LogP contribution in [0.5, 0.6) is 0 Å². The molecule has 0 aliphatic carbocycles. The highest BCUT2D eigenvalue weighted by atomic mass is 32.1. The molecule has 51 heavy (non-hydrogen) atoms. The van der Waals surface area contributed by atoms with Crippen LogP contribution in [0.15, 0.2) is 53.9 Å². The molecule has 6 aliphatic rings. The predicted octanol–water partition coefficient (Wildman–Crippen LogP) is 7.55. The van der Waals surface area contributed by atoms with E-state index in [4.69, 9.17) is 15.3 Å². The predicted molar refractivity (Wildman–Crippen MR) is 199 cm³/mol. The number of carbonyl (C=O) groups excluding carboxylic acids is 3. The third-order valence-corrected chi connectivity index (χ3v) is 13.6. The molecule has 0 saturated carbocycles. The molecule has 4 bridgehead atoms. The number of thiophene rings is 2. The average molecular weight is 736 g/mol. The van der Waals surface area contributed by atoms with Gasteiger partial charge in [-0.1, -0.05) is 0 Å². The first-order valence-electron chi connectivity index (χ1n) is 17.2. The van der Waals surface area contributed by atoms with Gasteiger partial charge in [-0.05, 0) is 138 Å². The Morgan fingerprint density at radius 2 is 1.31 bits per heavy atom. The number of nitro benzene ring substituents is 2. The van der Waals surface area contributed by atoms with E-state index in [1.54, 1.807) is 24.3 Å². The van der Waals surface area contributed by atoms with Gasteiger partial charge in [0.2, 0.25) is 0 Å². The molecule has 14 heteroatoms. The lowest BCUT2D eigenvalue weighted by Crippen LogP contribution is -2.67. The van der Waals surface area contributed by atoms with E-state index < -0.39 is 4.92 Å². The van der Waals surface area contributed by atoms with Crippen LogP contribution in [0, 0.1) is 38.0 Å². The highest BCUT2D eigenvalue weighted by Crippen LogP contribution is 2.46. The Kier molecular flexibility index (Phi) is 11.8. The SMILES string of the molecule is CC1(C)[C@H](CC(=O)c2cc3ccc([N+](=O)[O-])cc3s2)C2CCN1CC2.CC1(C)[C@H](N)C2CCN1CC2.O=C=O.O=[N+]([O-])c1ccc2ccsc2c1. The molecule has 4 aromatic rings. The van der Waals surface area contributed by atoms with Gasteiger partial charge in [-0.15, -0.1) is 22.7 Å².